The number of H-pyrrole nitrogens is 2. The van der Waals surface area contributed by atoms with Gasteiger partial charge in [0.25, 0.3) is 0 Å². The van der Waals surface area contributed by atoms with E-state index >= 15 is 0 Å². The summed E-state index contributed by atoms with van der Waals surface area (Å²) in [5.74, 6) is 0.720. The number of hydrogen-bond acceptors (Lipinski definition) is 5. The van der Waals surface area contributed by atoms with Crippen molar-refractivity contribution in [1.82, 2.24) is 20.5 Å². The van der Waals surface area contributed by atoms with Gasteiger partial charge in [-0.15, -0.1) is 0 Å². The third-order valence-electron chi connectivity index (χ3n) is 2.30. The van der Waals surface area contributed by atoms with Gasteiger partial charge < -0.3 is 10.6 Å². The van der Waals surface area contributed by atoms with Crippen LogP contribution in [0.3, 0.4) is 0 Å². The van der Waals surface area contributed by atoms with Gasteiger partial charge in [0, 0.05) is 6.04 Å². The minimum Gasteiger partial charge on any atom is -0.359 e. The molecule has 1 aromatic rings. The number of nitrogens with one attached hydrogen (secondary N) is 4. The second-order valence-electron chi connectivity index (χ2n) is 3.71. The maximum absolute atomic E-state index is 11.2. The van der Waals surface area contributed by atoms with Gasteiger partial charge in [-0.3, -0.25) is 10.2 Å². The summed E-state index contributed by atoms with van der Waals surface area (Å²) >= 11 is 9.81. The normalized spacial score (nSPS) is 22.2. The summed E-state index contributed by atoms with van der Waals surface area (Å²) in [5.41, 5.74) is 0. The van der Waals surface area contributed by atoms with Gasteiger partial charge in [0.1, 0.15) is 0 Å². The lowest BCUT2D eigenvalue weighted by Gasteiger charge is -2.12. The Kier molecular flexibility index (Phi) is 3.45. The molecule has 17 heavy (non-hydrogen) atoms. The summed E-state index contributed by atoms with van der Waals surface area (Å²) in [4.78, 5) is 3.90. The van der Waals surface area contributed by atoms with Crippen molar-refractivity contribution in [2.24, 2.45) is 0 Å². The number of aromatic nitrogens is 3. The smallest absolute Gasteiger partial charge is 0.224 e. The molecule has 10 heteroatoms. The van der Waals surface area contributed by atoms with Crippen LogP contribution in [0.2, 0.25) is 0 Å². The molecule has 1 saturated heterocycles. The summed E-state index contributed by atoms with van der Waals surface area (Å²) in [6.07, 6.45) is 0.570. The molecule has 4 N–H and O–H groups in total. The highest BCUT2D eigenvalue weighted by atomic mass is 32.2. The fraction of sp³-hybridized carbons (Fsp3) is 0.571. The molecule has 1 aromatic heterocycles. The van der Waals surface area contributed by atoms with Crippen LogP contribution in [-0.4, -0.2) is 46.3 Å². The first-order valence-corrected chi connectivity index (χ1v) is 7.51. The molecule has 2 heterocycles. The zero-order chi connectivity index (χ0) is 12.5. The molecular weight excluding hydrogens is 282 g/mol. The number of thiocarbonyl (C=S) groups is 1. The molecule has 0 spiro atoms. The van der Waals surface area contributed by atoms with Gasteiger partial charge in [-0.1, -0.05) is 0 Å². The van der Waals surface area contributed by atoms with E-state index in [1.807, 2.05) is 0 Å². The summed E-state index contributed by atoms with van der Waals surface area (Å²) in [5, 5.41) is 11.3. The van der Waals surface area contributed by atoms with E-state index in [0.717, 1.165) is 0 Å². The number of rotatable bonds is 2. The number of aromatic amines is 2. The summed E-state index contributed by atoms with van der Waals surface area (Å²) in [6, 6.07) is -0.137. The largest absolute Gasteiger partial charge is 0.359 e. The average Bonchev–Trinajstić information content (AvgIpc) is 2.73. The van der Waals surface area contributed by atoms with Gasteiger partial charge in [0.15, 0.2) is 14.9 Å². The van der Waals surface area contributed by atoms with E-state index in [0.29, 0.717) is 22.3 Å². The van der Waals surface area contributed by atoms with Crippen LogP contribution in [0.1, 0.15) is 6.42 Å². The Morgan fingerprint density at radius 1 is 1.47 bits per heavy atom. The van der Waals surface area contributed by atoms with E-state index in [1.165, 1.54) is 0 Å². The minimum absolute atomic E-state index is 0.116. The van der Waals surface area contributed by atoms with Crippen LogP contribution in [0.5, 0.6) is 0 Å². The van der Waals surface area contributed by atoms with E-state index in [1.54, 1.807) is 0 Å². The standard InChI is InChI=1S/C7H11N5O2S3/c13-17(14)2-1-4(3-17)8-6(15)9-5-10-7(16)12-11-5/h4H,1-3H2,(H4,8,9,10,11,12,15,16). The molecule has 7 nitrogen and oxygen atoms in total. The van der Waals surface area contributed by atoms with E-state index in [2.05, 4.69) is 25.8 Å². The summed E-state index contributed by atoms with van der Waals surface area (Å²) in [7, 11) is -2.91. The summed E-state index contributed by atoms with van der Waals surface area (Å²) in [6.45, 7) is 0. The zero-order valence-electron chi connectivity index (χ0n) is 8.69. The van der Waals surface area contributed by atoms with Crippen LogP contribution in [0.15, 0.2) is 0 Å². The Morgan fingerprint density at radius 2 is 2.24 bits per heavy atom. The van der Waals surface area contributed by atoms with Crippen LogP contribution in [0, 0.1) is 4.77 Å². The fourth-order valence-electron chi connectivity index (χ4n) is 1.57. The molecule has 1 fully saturated rings. The lowest BCUT2D eigenvalue weighted by atomic mass is 10.3. The molecule has 0 aliphatic carbocycles. The van der Waals surface area contributed by atoms with Gasteiger partial charge in [-0.25, -0.2) is 8.42 Å². The molecule has 1 aliphatic heterocycles. The zero-order valence-corrected chi connectivity index (χ0v) is 11.1. The van der Waals surface area contributed by atoms with Gasteiger partial charge in [0.2, 0.25) is 10.7 Å². The van der Waals surface area contributed by atoms with Crippen molar-refractivity contribution in [1.29, 1.82) is 0 Å². The maximum atomic E-state index is 11.2. The molecule has 1 atom stereocenters. The van der Waals surface area contributed by atoms with E-state index < -0.39 is 9.84 Å². The number of sulfone groups is 1. The molecule has 94 valence electrons. The van der Waals surface area contributed by atoms with Crippen molar-refractivity contribution < 1.29 is 8.42 Å². The molecule has 0 bridgehead atoms. The molecule has 2 rings (SSSR count). The molecule has 1 aliphatic rings. The van der Waals surface area contributed by atoms with Crippen LogP contribution in [-0.2, 0) is 9.84 Å². The van der Waals surface area contributed by atoms with Gasteiger partial charge in [0.05, 0.1) is 11.5 Å². The van der Waals surface area contributed by atoms with Crippen LogP contribution in [0.4, 0.5) is 5.95 Å². The first-order chi connectivity index (χ1) is 7.94. The van der Waals surface area contributed by atoms with Gasteiger partial charge in [-0.05, 0) is 30.9 Å². The third kappa shape index (κ3) is 3.48. The topological polar surface area (TPSA) is 103 Å². The Balaban J connectivity index is 1.88. The number of nitrogens with zero attached hydrogens (tertiary/aromatic N) is 1. The first-order valence-electron chi connectivity index (χ1n) is 4.87. The Hall–Kier alpha value is -1.00. The second-order valence-corrected chi connectivity index (χ2v) is 6.74. The Bertz CT molecular complexity index is 574. The highest BCUT2D eigenvalue weighted by Crippen LogP contribution is 2.11. The van der Waals surface area contributed by atoms with Crippen molar-refractivity contribution in [3.63, 3.8) is 0 Å². The predicted molar refractivity (Wildman–Crippen MR) is 70.2 cm³/mol. The Morgan fingerprint density at radius 3 is 2.76 bits per heavy atom. The summed E-state index contributed by atoms with van der Waals surface area (Å²) < 4.78 is 22.8. The van der Waals surface area contributed by atoms with E-state index in [9.17, 15) is 8.42 Å². The van der Waals surface area contributed by atoms with Crippen LogP contribution >= 0.6 is 24.4 Å². The second kappa shape index (κ2) is 4.70. The monoisotopic (exact) mass is 293 g/mol. The van der Waals surface area contributed by atoms with E-state index in [4.69, 9.17) is 24.4 Å². The lowest BCUT2D eigenvalue weighted by Crippen LogP contribution is -2.38. The number of hydrogen-bond donors (Lipinski definition) is 4. The van der Waals surface area contributed by atoms with Crippen molar-refractivity contribution in [2.45, 2.75) is 12.5 Å². The Labute approximate surface area is 108 Å². The maximum Gasteiger partial charge on any atom is 0.224 e. The quantitative estimate of drug-likeness (QED) is 0.567. The highest BCUT2D eigenvalue weighted by Gasteiger charge is 2.28. The fourth-order valence-corrected chi connectivity index (χ4v) is 3.65. The SMILES string of the molecule is O=S1(=O)CCC(NC(=S)Nc2nc(=S)[nH][nH]2)C1. The van der Waals surface area contributed by atoms with Gasteiger partial charge in [-0.2, -0.15) is 4.98 Å². The van der Waals surface area contributed by atoms with Crippen molar-refractivity contribution >= 4 is 45.3 Å². The first kappa shape index (κ1) is 12.5. The van der Waals surface area contributed by atoms with Crippen molar-refractivity contribution in [3.8, 4) is 0 Å². The predicted octanol–water partition coefficient (Wildman–Crippen LogP) is -0.0592. The lowest BCUT2D eigenvalue weighted by molar-refractivity contribution is 0.600. The molecule has 0 aromatic carbocycles. The molecule has 0 amide bonds. The minimum atomic E-state index is -2.91. The van der Waals surface area contributed by atoms with Gasteiger partial charge >= 0.3 is 0 Å². The van der Waals surface area contributed by atoms with E-state index in [-0.39, 0.29) is 17.5 Å². The molecular formula is C7H11N5O2S3. The average molecular weight is 293 g/mol. The molecule has 0 saturated carbocycles. The molecule has 1 unspecified atom stereocenters. The number of anilines is 1. The highest BCUT2D eigenvalue weighted by molar-refractivity contribution is 7.91. The third-order valence-corrected chi connectivity index (χ3v) is 4.48. The van der Waals surface area contributed by atoms with Crippen LogP contribution < -0.4 is 10.6 Å². The van der Waals surface area contributed by atoms with Crippen LogP contribution in [0.25, 0.3) is 0 Å². The molecule has 0 radical (unpaired) electrons. The van der Waals surface area contributed by atoms with Crippen molar-refractivity contribution in [3.05, 3.63) is 4.77 Å². The van der Waals surface area contributed by atoms with Crippen molar-refractivity contribution in [2.75, 3.05) is 16.8 Å².